The highest BCUT2D eigenvalue weighted by molar-refractivity contribution is 5.50. The Bertz CT molecular complexity index is 627. The molecule has 5 heteroatoms. The quantitative estimate of drug-likeness (QED) is 0.625. The minimum absolute atomic E-state index is 0.0123. The zero-order valence-electron chi connectivity index (χ0n) is 10.2. The lowest BCUT2D eigenvalue weighted by Crippen LogP contribution is -2.05. The van der Waals surface area contributed by atoms with Crippen molar-refractivity contribution in [2.24, 2.45) is 0 Å². The molecule has 0 aliphatic carbocycles. The summed E-state index contributed by atoms with van der Waals surface area (Å²) in [6.45, 7) is 1.40. The number of benzene rings is 2. The van der Waals surface area contributed by atoms with Crippen LogP contribution in [0.25, 0.3) is 0 Å². The van der Waals surface area contributed by atoms with Crippen LogP contribution in [0.15, 0.2) is 36.4 Å². The Hall–Kier alpha value is -2.30. The van der Waals surface area contributed by atoms with Crippen LogP contribution in [-0.2, 0) is 6.42 Å². The molecule has 2 aromatic carbocycles. The molecule has 0 aliphatic rings. The maximum Gasteiger partial charge on any atom is 0.278 e. The highest BCUT2D eigenvalue weighted by Gasteiger charge is 2.24. The van der Waals surface area contributed by atoms with E-state index < -0.39 is 16.6 Å². The molecule has 0 atom stereocenters. The number of hydrogen-bond donors (Lipinski definition) is 0. The average molecular weight is 263 g/mol. The number of halogens is 2. The molecule has 0 spiro atoms. The summed E-state index contributed by atoms with van der Waals surface area (Å²) in [7, 11) is 0. The van der Waals surface area contributed by atoms with Crippen molar-refractivity contribution in [1.29, 1.82) is 0 Å². The Morgan fingerprint density at radius 1 is 1.21 bits per heavy atom. The van der Waals surface area contributed by atoms with Gasteiger partial charge >= 0.3 is 0 Å². The SMILES string of the molecule is Cc1cc(F)c(F)c(Cc2ccccc2)c1[N+](=O)[O-]. The number of aryl methyl sites for hydroxylation is 1. The predicted molar refractivity (Wildman–Crippen MR) is 67.0 cm³/mol. The summed E-state index contributed by atoms with van der Waals surface area (Å²) < 4.78 is 27.2. The maximum atomic E-state index is 13.8. The van der Waals surface area contributed by atoms with Crippen LogP contribution in [0, 0.1) is 28.7 Å². The van der Waals surface area contributed by atoms with E-state index in [4.69, 9.17) is 0 Å². The Labute approximate surface area is 108 Å². The number of hydrogen-bond acceptors (Lipinski definition) is 2. The summed E-state index contributed by atoms with van der Waals surface area (Å²) in [5.41, 5.74) is 0.237. The van der Waals surface area contributed by atoms with Gasteiger partial charge in [0.05, 0.1) is 10.5 Å². The molecule has 0 radical (unpaired) electrons. The van der Waals surface area contributed by atoms with Crippen LogP contribution in [0.1, 0.15) is 16.7 Å². The summed E-state index contributed by atoms with van der Waals surface area (Å²) in [5, 5.41) is 11.0. The van der Waals surface area contributed by atoms with E-state index >= 15 is 0 Å². The van der Waals surface area contributed by atoms with E-state index in [0.717, 1.165) is 6.07 Å². The minimum Gasteiger partial charge on any atom is -0.258 e. The molecule has 19 heavy (non-hydrogen) atoms. The standard InChI is InChI=1S/C14H11F2NO2/c1-9-7-12(15)13(16)11(14(9)17(18)19)8-10-5-3-2-4-6-10/h2-7H,8H2,1H3. The lowest BCUT2D eigenvalue weighted by Gasteiger charge is -2.08. The van der Waals surface area contributed by atoms with E-state index in [0.29, 0.717) is 5.56 Å². The Kier molecular flexibility index (Phi) is 3.55. The highest BCUT2D eigenvalue weighted by atomic mass is 19.2. The van der Waals surface area contributed by atoms with Crippen LogP contribution in [-0.4, -0.2) is 4.92 Å². The molecule has 0 saturated carbocycles. The van der Waals surface area contributed by atoms with Crippen molar-refractivity contribution in [3.8, 4) is 0 Å². The molecular formula is C14H11F2NO2. The van der Waals surface area contributed by atoms with Crippen LogP contribution in [0.3, 0.4) is 0 Å². The zero-order chi connectivity index (χ0) is 14.0. The van der Waals surface area contributed by atoms with Crippen molar-refractivity contribution >= 4 is 5.69 Å². The van der Waals surface area contributed by atoms with Crippen molar-refractivity contribution in [2.45, 2.75) is 13.3 Å². The Morgan fingerprint density at radius 2 is 1.84 bits per heavy atom. The van der Waals surface area contributed by atoms with Crippen LogP contribution < -0.4 is 0 Å². The van der Waals surface area contributed by atoms with Gasteiger partial charge in [0.1, 0.15) is 0 Å². The van der Waals surface area contributed by atoms with Gasteiger partial charge < -0.3 is 0 Å². The Morgan fingerprint density at radius 3 is 2.42 bits per heavy atom. The third-order valence-corrected chi connectivity index (χ3v) is 2.88. The summed E-state index contributed by atoms with van der Waals surface area (Å²) in [4.78, 5) is 10.3. The summed E-state index contributed by atoms with van der Waals surface area (Å²) >= 11 is 0. The fourth-order valence-electron chi connectivity index (χ4n) is 2.02. The number of nitro groups is 1. The van der Waals surface area contributed by atoms with Gasteiger partial charge in [0.25, 0.3) is 5.69 Å². The van der Waals surface area contributed by atoms with E-state index in [2.05, 4.69) is 0 Å². The van der Waals surface area contributed by atoms with E-state index in [9.17, 15) is 18.9 Å². The smallest absolute Gasteiger partial charge is 0.258 e. The third-order valence-electron chi connectivity index (χ3n) is 2.88. The summed E-state index contributed by atoms with van der Waals surface area (Å²) in [6, 6.07) is 9.54. The molecule has 0 amide bonds. The lowest BCUT2D eigenvalue weighted by atomic mass is 9.99. The van der Waals surface area contributed by atoms with Crippen LogP contribution in [0.5, 0.6) is 0 Å². The molecule has 0 aromatic heterocycles. The molecule has 2 rings (SSSR count). The van der Waals surface area contributed by atoms with Gasteiger partial charge in [-0.3, -0.25) is 10.1 Å². The van der Waals surface area contributed by atoms with Gasteiger partial charge in [-0.2, -0.15) is 0 Å². The molecule has 3 nitrogen and oxygen atoms in total. The maximum absolute atomic E-state index is 13.8. The average Bonchev–Trinajstić information content (AvgIpc) is 2.36. The van der Waals surface area contributed by atoms with Gasteiger partial charge in [0.2, 0.25) is 0 Å². The lowest BCUT2D eigenvalue weighted by molar-refractivity contribution is -0.386. The van der Waals surface area contributed by atoms with E-state index in [-0.39, 0.29) is 23.2 Å². The van der Waals surface area contributed by atoms with Gasteiger partial charge in [0.15, 0.2) is 11.6 Å². The second kappa shape index (κ2) is 5.14. The Balaban J connectivity index is 2.57. The first-order valence-electron chi connectivity index (χ1n) is 5.66. The fraction of sp³-hybridized carbons (Fsp3) is 0.143. The van der Waals surface area contributed by atoms with Gasteiger partial charge in [-0.15, -0.1) is 0 Å². The van der Waals surface area contributed by atoms with E-state index in [1.807, 2.05) is 0 Å². The van der Waals surface area contributed by atoms with Crippen molar-refractivity contribution in [3.05, 3.63) is 74.8 Å². The first-order valence-corrected chi connectivity index (χ1v) is 5.66. The molecule has 0 heterocycles. The van der Waals surface area contributed by atoms with Gasteiger partial charge in [0, 0.05) is 12.0 Å². The van der Waals surface area contributed by atoms with Gasteiger partial charge in [-0.1, -0.05) is 30.3 Å². The van der Waals surface area contributed by atoms with Crippen molar-refractivity contribution < 1.29 is 13.7 Å². The topological polar surface area (TPSA) is 43.1 Å². The van der Waals surface area contributed by atoms with Crippen LogP contribution >= 0.6 is 0 Å². The van der Waals surface area contributed by atoms with Crippen LogP contribution in [0.2, 0.25) is 0 Å². The normalized spacial score (nSPS) is 10.5. The summed E-state index contributed by atoms with van der Waals surface area (Å²) in [5.74, 6) is -2.21. The monoisotopic (exact) mass is 263 g/mol. The molecular weight excluding hydrogens is 252 g/mol. The molecule has 0 saturated heterocycles. The second-order valence-corrected chi connectivity index (χ2v) is 4.24. The molecule has 0 fully saturated rings. The van der Waals surface area contributed by atoms with E-state index in [1.54, 1.807) is 30.3 Å². The second-order valence-electron chi connectivity index (χ2n) is 4.24. The zero-order valence-corrected chi connectivity index (χ0v) is 10.2. The minimum atomic E-state index is -1.15. The van der Waals surface area contributed by atoms with Gasteiger partial charge in [-0.05, 0) is 18.6 Å². The molecule has 0 aliphatic heterocycles. The van der Waals surface area contributed by atoms with Gasteiger partial charge in [-0.25, -0.2) is 8.78 Å². The fourth-order valence-corrected chi connectivity index (χ4v) is 2.02. The van der Waals surface area contributed by atoms with Crippen molar-refractivity contribution in [2.75, 3.05) is 0 Å². The van der Waals surface area contributed by atoms with Crippen molar-refractivity contribution in [1.82, 2.24) is 0 Å². The third kappa shape index (κ3) is 2.59. The number of nitro benzene ring substituents is 1. The molecule has 0 N–H and O–H groups in total. The highest BCUT2D eigenvalue weighted by Crippen LogP contribution is 2.29. The molecule has 2 aromatic rings. The molecule has 0 unspecified atom stereocenters. The number of nitrogens with zero attached hydrogens (tertiary/aromatic N) is 1. The molecule has 98 valence electrons. The molecule has 0 bridgehead atoms. The summed E-state index contributed by atoms with van der Waals surface area (Å²) in [6.07, 6.45) is -0.0123. The predicted octanol–water partition coefficient (Wildman–Crippen LogP) is 3.77. The first-order chi connectivity index (χ1) is 9.00. The van der Waals surface area contributed by atoms with Crippen LogP contribution in [0.4, 0.5) is 14.5 Å². The largest absolute Gasteiger partial charge is 0.278 e. The number of rotatable bonds is 3. The van der Waals surface area contributed by atoms with Crippen molar-refractivity contribution in [3.63, 3.8) is 0 Å². The van der Waals surface area contributed by atoms with E-state index in [1.165, 1.54) is 6.92 Å². The first kappa shape index (κ1) is 13.1.